The van der Waals surface area contributed by atoms with Crippen LogP contribution in [-0.4, -0.2) is 41.1 Å². The molecule has 0 aliphatic carbocycles. The molecule has 0 atom stereocenters. The first-order valence-electron chi connectivity index (χ1n) is 9.09. The first-order valence-corrected chi connectivity index (χ1v) is 9.97. The number of carbonyl (C=O) groups is 1. The molecule has 26 heavy (non-hydrogen) atoms. The summed E-state index contributed by atoms with van der Waals surface area (Å²) in [6.45, 7) is 11.8. The number of likely N-dealkylation sites (N-methyl/N-ethyl adjacent to an activating group) is 1. The number of amides is 1. The molecule has 0 unspecified atom stereocenters. The molecule has 0 fully saturated rings. The first-order chi connectivity index (χ1) is 12.5. The second kappa shape index (κ2) is 8.01. The lowest BCUT2D eigenvalue weighted by atomic mass is 10.0. The molecule has 2 aromatic rings. The number of nitrogens with one attached hydrogen (secondary N) is 2. The molecule has 0 saturated heterocycles. The van der Waals surface area contributed by atoms with Gasteiger partial charge in [-0.3, -0.25) is 4.79 Å². The number of carbonyl (C=O) groups excluding carboxylic acids is 1. The molecule has 0 saturated carbocycles. The van der Waals surface area contributed by atoms with Crippen molar-refractivity contribution in [1.29, 1.82) is 0 Å². The van der Waals surface area contributed by atoms with Crippen molar-refractivity contribution in [2.75, 3.05) is 19.6 Å². The molecule has 0 aromatic carbocycles. The largest absolute Gasteiger partial charge is 0.359 e. The maximum atomic E-state index is 12.3. The number of hydrogen-bond acceptors (Lipinski definition) is 4. The molecule has 138 valence electrons. The smallest absolute Gasteiger partial charge is 0.273 e. The number of hydrazone groups is 1. The Morgan fingerprint density at radius 1 is 1.27 bits per heavy atom. The minimum Gasteiger partial charge on any atom is -0.359 e. The number of H-pyrrole nitrogens is 1. The van der Waals surface area contributed by atoms with E-state index in [9.17, 15) is 4.79 Å². The molecular weight excluding hydrogens is 344 g/mol. The van der Waals surface area contributed by atoms with Gasteiger partial charge in [-0.2, -0.15) is 5.10 Å². The summed E-state index contributed by atoms with van der Waals surface area (Å²) in [5.74, 6) is -0.148. The summed E-state index contributed by atoms with van der Waals surface area (Å²) in [7, 11) is 0. The Morgan fingerprint density at radius 3 is 2.69 bits per heavy atom. The summed E-state index contributed by atoms with van der Waals surface area (Å²) in [4.78, 5) is 19.2. The highest BCUT2D eigenvalue weighted by atomic mass is 32.1. The van der Waals surface area contributed by atoms with Gasteiger partial charge in [0.2, 0.25) is 0 Å². The highest BCUT2D eigenvalue weighted by Crippen LogP contribution is 2.25. The summed E-state index contributed by atoms with van der Waals surface area (Å²) in [6, 6.07) is 3.96. The van der Waals surface area contributed by atoms with Crippen LogP contribution in [0.4, 0.5) is 0 Å². The lowest BCUT2D eigenvalue weighted by molar-refractivity contribution is -0.116. The number of nitrogens with zero attached hydrogens (tertiary/aromatic N) is 2. The van der Waals surface area contributed by atoms with Crippen LogP contribution in [0.2, 0.25) is 0 Å². The molecule has 1 aliphatic heterocycles. The van der Waals surface area contributed by atoms with Crippen LogP contribution in [0, 0.1) is 13.8 Å². The van der Waals surface area contributed by atoms with E-state index in [1.165, 1.54) is 16.8 Å². The Balaban J connectivity index is 1.88. The molecule has 5 nitrogen and oxygen atoms in total. The zero-order valence-electron chi connectivity index (χ0n) is 15.8. The Kier molecular flexibility index (Phi) is 5.74. The average Bonchev–Trinajstić information content (AvgIpc) is 3.33. The molecule has 2 aromatic heterocycles. The predicted octanol–water partition coefficient (Wildman–Crippen LogP) is 3.49. The van der Waals surface area contributed by atoms with Crippen LogP contribution in [-0.2, 0) is 11.2 Å². The molecule has 3 heterocycles. The fourth-order valence-corrected chi connectivity index (χ4v) is 4.09. The van der Waals surface area contributed by atoms with Crippen LogP contribution in [0.1, 0.15) is 41.2 Å². The van der Waals surface area contributed by atoms with E-state index < -0.39 is 0 Å². The van der Waals surface area contributed by atoms with Gasteiger partial charge in [0, 0.05) is 17.9 Å². The fraction of sp³-hybridized carbons (Fsp3) is 0.400. The van der Waals surface area contributed by atoms with Crippen LogP contribution in [0.3, 0.4) is 0 Å². The number of aromatic amines is 1. The van der Waals surface area contributed by atoms with Crippen LogP contribution < -0.4 is 5.43 Å². The molecule has 0 radical (unpaired) electrons. The molecule has 1 amide bonds. The number of thiophene rings is 1. The van der Waals surface area contributed by atoms with E-state index in [0.717, 1.165) is 42.3 Å². The van der Waals surface area contributed by atoms with Crippen molar-refractivity contribution in [3.8, 4) is 0 Å². The lowest BCUT2D eigenvalue weighted by Crippen LogP contribution is -2.25. The van der Waals surface area contributed by atoms with Gasteiger partial charge in [-0.25, -0.2) is 5.43 Å². The fourth-order valence-electron chi connectivity index (χ4n) is 3.36. The van der Waals surface area contributed by atoms with Crippen LogP contribution in [0.15, 0.2) is 28.2 Å². The molecule has 3 rings (SSSR count). The van der Waals surface area contributed by atoms with Gasteiger partial charge in [0.15, 0.2) is 0 Å². The molecule has 0 spiro atoms. The Morgan fingerprint density at radius 2 is 2.04 bits per heavy atom. The van der Waals surface area contributed by atoms with Crippen molar-refractivity contribution in [1.82, 2.24) is 15.3 Å². The quantitative estimate of drug-likeness (QED) is 0.733. The van der Waals surface area contributed by atoms with Crippen molar-refractivity contribution >= 4 is 29.0 Å². The Hall–Kier alpha value is -2.18. The van der Waals surface area contributed by atoms with Crippen molar-refractivity contribution in [2.45, 2.75) is 34.1 Å². The van der Waals surface area contributed by atoms with Crippen molar-refractivity contribution in [3.05, 3.63) is 50.5 Å². The molecule has 6 heteroatoms. The van der Waals surface area contributed by atoms with Gasteiger partial charge in [-0.1, -0.05) is 19.9 Å². The van der Waals surface area contributed by atoms with E-state index in [-0.39, 0.29) is 5.91 Å². The van der Waals surface area contributed by atoms with Crippen LogP contribution >= 0.6 is 11.3 Å². The number of aromatic nitrogens is 1. The SMILES string of the molecule is CCN(CC)CCc1c(C)[nH]c(C=C2C(=O)NN=C2c2cccs2)c1C. The van der Waals surface area contributed by atoms with E-state index in [2.05, 4.69) is 48.1 Å². The minimum absolute atomic E-state index is 0.148. The maximum Gasteiger partial charge on any atom is 0.273 e. The molecule has 2 N–H and O–H groups in total. The highest BCUT2D eigenvalue weighted by molar-refractivity contribution is 7.12. The van der Waals surface area contributed by atoms with E-state index >= 15 is 0 Å². The maximum absolute atomic E-state index is 12.3. The molecule has 0 bridgehead atoms. The average molecular weight is 371 g/mol. The monoisotopic (exact) mass is 370 g/mol. The third kappa shape index (κ3) is 3.66. The summed E-state index contributed by atoms with van der Waals surface area (Å²) in [5.41, 5.74) is 8.66. The van der Waals surface area contributed by atoms with Crippen molar-refractivity contribution in [2.24, 2.45) is 5.10 Å². The zero-order valence-corrected chi connectivity index (χ0v) is 16.7. The minimum atomic E-state index is -0.148. The third-order valence-corrected chi connectivity index (χ3v) is 5.89. The van der Waals surface area contributed by atoms with Crippen molar-refractivity contribution in [3.63, 3.8) is 0 Å². The standard InChI is InChI=1S/C20H26N4OS/c1-5-24(6-2)10-9-15-13(3)17(21-14(15)4)12-16-19(22-23-20(16)25)18-8-7-11-26-18/h7-8,11-12,21H,5-6,9-10H2,1-4H3,(H,23,25). The molecule has 1 aliphatic rings. The topological polar surface area (TPSA) is 60.5 Å². The Labute approximate surface area is 158 Å². The summed E-state index contributed by atoms with van der Waals surface area (Å²) in [5, 5.41) is 6.21. The number of hydrogen-bond donors (Lipinski definition) is 2. The van der Waals surface area contributed by atoms with Gasteiger partial charge < -0.3 is 9.88 Å². The normalized spacial score (nSPS) is 15.8. The number of aryl methyl sites for hydroxylation is 1. The van der Waals surface area contributed by atoms with Gasteiger partial charge >= 0.3 is 0 Å². The predicted molar refractivity (Wildman–Crippen MR) is 109 cm³/mol. The van der Waals surface area contributed by atoms with E-state index in [1.54, 1.807) is 11.3 Å². The van der Waals surface area contributed by atoms with E-state index in [0.29, 0.717) is 5.57 Å². The summed E-state index contributed by atoms with van der Waals surface area (Å²) >= 11 is 1.59. The second-order valence-corrected chi connectivity index (χ2v) is 7.43. The number of rotatable bonds is 7. The van der Waals surface area contributed by atoms with Gasteiger partial charge in [0.1, 0.15) is 5.71 Å². The highest BCUT2D eigenvalue weighted by Gasteiger charge is 2.25. The van der Waals surface area contributed by atoms with Crippen molar-refractivity contribution < 1.29 is 4.79 Å². The van der Waals surface area contributed by atoms with E-state index in [4.69, 9.17) is 0 Å². The zero-order chi connectivity index (χ0) is 18.7. The third-order valence-electron chi connectivity index (χ3n) is 5.02. The summed E-state index contributed by atoms with van der Waals surface area (Å²) < 4.78 is 0. The Bertz CT molecular complexity index is 842. The van der Waals surface area contributed by atoms with Crippen LogP contribution in [0.5, 0.6) is 0 Å². The second-order valence-electron chi connectivity index (χ2n) is 6.48. The van der Waals surface area contributed by atoms with Crippen LogP contribution in [0.25, 0.3) is 6.08 Å². The first kappa shape index (κ1) is 18.6. The van der Waals surface area contributed by atoms with Gasteiger partial charge in [0.05, 0.1) is 10.5 Å². The van der Waals surface area contributed by atoms with Gasteiger partial charge in [-0.15, -0.1) is 11.3 Å². The van der Waals surface area contributed by atoms with Gasteiger partial charge in [-0.05, 0) is 62.0 Å². The van der Waals surface area contributed by atoms with E-state index in [1.807, 2.05) is 23.6 Å². The summed E-state index contributed by atoms with van der Waals surface area (Å²) in [6.07, 6.45) is 2.95. The van der Waals surface area contributed by atoms with Gasteiger partial charge in [0.25, 0.3) is 5.91 Å². The molecular formula is C20H26N4OS. The lowest BCUT2D eigenvalue weighted by Gasteiger charge is -2.17.